The number of piperidine rings is 1. The lowest BCUT2D eigenvalue weighted by Crippen LogP contribution is -2.28. The summed E-state index contributed by atoms with van der Waals surface area (Å²) in [4.78, 5) is 7.67. The minimum absolute atomic E-state index is 0.638. The van der Waals surface area contributed by atoms with Crippen molar-refractivity contribution in [1.29, 1.82) is 0 Å². The molecule has 3 heteroatoms. The van der Waals surface area contributed by atoms with Crippen molar-refractivity contribution >= 4 is 11.0 Å². The molecule has 0 radical (unpaired) electrons. The van der Waals surface area contributed by atoms with E-state index in [1.165, 1.54) is 18.4 Å². The number of aromatic nitrogens is 2. The van der Waals surface area contributed by atoms with Gasteiger partial charge in [-0.15, -0.1) is 0 Å². The van der Waals surface area contributed by atoms with Gasteiger partial charge >= 0.3 is 0 Å². The molecule has 1 saturated heterocycles. The van der Waals surface area contributed by atoms with Crippen LogP contribution in [0.15, 0.2) is 24.5 Å². The van der Waals surface area contributed by atoms with E-state index < -0.39 is 0 Å². The molecule has 1 aliphatic rings. The minimum atomic E-state index is 0.638. The van der Waals surface area contributed by atoms with Crippen LogP contribution in [0.1, 0.15) is 24.3 Å². The zero-order chi connectivity index (χ0) is 10.1. The predicted octanol–water partition coefficient (Wildman–Crippen LogP) is 2.03. The first-order chi connectivity index (χ1) is 7.43. The maximum atomic E-state index is 4.46. The largest absolute Gasteiger partial charge is 0.360 e. The summed E-state index contributed by atoms with van der Waals surface area (Å²) in [5.74, 6) is 0.638. The summed E-state index contributed by atoms with van der Waals surface area (Å²) in [5.41, 5.74) is 3.57. The van der Waals surface area contributed by atoms with E-state index in [2.05, 4.69) is 21.4 Å². The van der Waals surface area contributed by atoms with Gasteiger partial charge in [-0.05, 0) is 43.0 Å². The summed E-state index contributed by atoms with van der Waals surface area (Å²) in [6.45, 7) is 2.25. The molecule has 0 amide bonds. The van der Waals surface area contributed by atoms with Crippen LogP contribution >= 0.6 is 0 Å². The minimum Gasteiger partial charge on any atom is -0.360 e. The van der Waals surface area contributed by atoms with Crippen molar-refractivity contribution in [1.82, 2.24) is 15.3 Å². The molecular formula is C12H15N3. The Balaban J connectivity index is 1.95. The molecule has 0 aliphatic carbocycles. The van der Waals surface area contributed by atoms with Gasteiger partial charge in [0.25, 0.3) is 0 Å². The summed E-state index contributed by atoms with van der Waals surface area (Å²) in [6.07, 6.45) is 6.52. The van der Waals surface area contributed by atoms with Gasteiger partial charge in [0.1, 0.15) is 0 Å². The number of hydrogen-bond acceptors (Lipinski definition) is 2. The Morgan fingerprint density at radius 1 is 1.40 bits per heavy atom. The van der Waals surface area contributed by atoms with Gasteiger partial charge in [0.15, 0.2) is 0 Å². The van der Waals surface area contributed by atoms with Gasteiger partial charge in [-0.25, -0.2) is 0 Å². The molecular weight excluding hydrogens is 186 g/mol. The Kier molecular flexibility index (Phi) is 2.18. The molecule has 0 bridgehead atoms. The summed E-state index contributed by atoms with van der Waals surface area (Å²) in [7, 11) is 0. The number of fused-ring (bicyclic) bond motifs is 1. The molecule has 3 rings (SSSR count). The number of rotatable bonds is 1. The molecule has 1 fully saturated rings. The molecule has 0 unspecified atom stereocenters. The van der Waals surface area contributed by atoms with E-state index >= 15 is 0 Å². The number of H-pyrrole nitrogens is 1. The lowest BCUT2D eigenvalue weighted by Gasteiger charge is -2.22. The van der Waals surface area contributed by atoms with Crippen LogP contribution in [-0.4, -0.2) is 23.1 Å². The maximum absolute atomic E-state index is 4.46. The van der Waals surface area contributed by atoms with Crippen LogP contribution < -0.4 is 5.32 Å². The quantitative estimate of drug-likeness (QED) is 0.741. The molecule has 0 saturated carbocycles. The van der Waals surface area contributed by atoms with E-state index in [0.29, 0.717) is 5.92 Å². The molecule has 3 nitrogen and oxygen atoms in total. The van der Waals surface area contributed by atoms with E-state index in [1.54, 1.807) is 0 Å². The fourth-order valence-electron chi connectivity index (χ4n) is 2.31. The Labute approximate surface area is 88.9 Å². The van der Waals surface area contributed by atoms with Crippen LogP contribution in [0.5, 0.6) is 0 Å². The number of nitrogens with one attached hydrogen (secondary N) is 2. The van der Waals surface area contributed by atoms with Crippen molar-refractivity contribution < 1.29 is 0 Å². The van der Waals surface area contributed by atoms with E-state index in [0.717, 1.165) is 24.1 Å². The van der Waals surface area contributed by atoms with Gasteiger partial charge < -0.3 is 10.3 Å². The van der Waals surface area contributed by atoms with Gasteiger partial charge in [-0.3, -0.25) is 4.98 Å². The van der Waals surface area contributed by atoms with Crippen molar-refractivity contribution in [2.24, 2.45) is 0 Å². The van der Waals surface area contributed by atoms with Crippen LogP contribution in [0.25, 0.3) is 11.0 Å². The fourth-order valence-corrected chi connectivity index (χ4v) is 2.31. The van der Waals surface area contributed by atoms with Crippen molar-refractivity contribution in [2.45, 2.75) is 18.8 Å². The molecule has 1 aliphatic heterocycles. The monoisotopic (exact) mass is 201 g/mol. The van der Waals surface area contributed by atoms with Crippen LogP contribution in [0.4, 0.5) is 0 Å². The first-order valence-electron chi connectivity index (χ1n) is 5.57. The molecule has 0 spiro atoms. The Morgan fingerprint density at radius 2 is 2.40 bits per heavy atom. The molecule has 15 heavy (non-hydrogen) atoms. The maximum Gasteiger partial charge on any atom is 0.0878 e. The van der Waals surface area contributed by atoms with Gasteiger partial charge in [-0.2, -0.15) is 0 Å². The highest BCUT2D eigenvalue weighted by Crippen LogP contribution is 2.24. The van der Waals surface area contributed by atoms with Crippen molar-refractivity contribution in [2.75, 3.05) is 13.1 Å². The summed E-state index contributed by atoms with van der Waals surface area (Å²) in [6, 6.07) is 4.25. The Bertz CT molecular complexity index is 455. The molecule has 1 atom stereocenters. The van der Waals surface area contributed by atoms with E-state index in [1.807, 2.05) is 18.5 Å². The third kappa shape index (κ3) is 1.63. The standard InChI is InChI=1S/C12H15N3/c1-2-9(7-13-4-1)10-6-12-11(15-8-10)3-5-14-12/h3,5-6,8-9,13-14H,1-2,4,7H2/t9-/m1/s1. The number of nitrogens with zero attached hydrogens (tertiary/aromatic N) is 1. The highest BCUT2D eigenvalue weighted by molar-refractivity contribution is 5.75. The Morgan fingerprint density at radius 3 is 3.27 bits per heavy atom. The Hall–Kier alpha value is -1.35. The van der Waals surface area contributed by atoms with Crippen molar-refractivity contribution in [3.05, 3.63) is 30.1 Å². The lowest BCUT2D eigenvalue weighted by atomic mass is 9.93. The molecule has 78 valence electrons. The van der Waals surface area contributed by atoms with Crippen LogP contribution in [0, 0.1) is 0 Å². The average molecular weight is 201 g/mol. The fraction of sp³-hybridized carbons (Fsp3) is 0.417. The first kappa shape index (κ1) is 8.92. The lowest BCUT2D eigenvalue weighted by molar-refractivity contribution is 0.461. The second-order valence-electron chi connectivity index (χ2n) is 4.22. The number of pyridine rings is 1. The molecule has 3 heterocycles. The number of aromatic amines is 1. The predicted molar refractivity (Wildman–Crippen MR) is 60.9 cm³/mol. The third-order valence-corrected chi connectivity index (χ3v) is 3.19. The molecule has 2 aromatic rings. The van der Waals surface area contributed by atoms with Gasteiger partial charge in [0, 0.05) is 18.9 Å². The highest BCUT2D eigenvalue weighted by atomic mass is 14.9. The van der Waals surface area contributed by atoms with Crippen molar-refractivity contribution in [3.63, 3.8) is 0 Å². The van der Waals surface area contributed by atoms with E-state index in [9.17, 15) is 0 Å². The van der Waals surface area contributed by atoms with Crippen molar-refractivity contribution in [3.8, 4) is 0 Å². The normalized spacial score (nSPS) is 22.0. The molecule has 2 N–H and O–H groups in total. The SMILES string of the molecule is c1cc2ncc([C@@H]3CCCNC3)cc2[nH]1. The van der Waals surface area contributed by atoms with E-state index in [4.69, 9.17) is 0 Å². The van der Waals surface area contributed by atoms with Crippen LogP contribution in [0.3, 0.4) is 0 Å². The van der Waals surface area contributed by atoms with Gasteiger partial charge in [0.05, 0.1) is 11.0 Å². The molecule has 0 aromatic carbocycles. The number of hydrogen-bond donors (Lipinski definition) is 2. The smallest absolute Gasteiger partial charge is 0.0878 e. The third-order valence-electron chi connectivity index (χ3n) is 3.19. The second kappa shape index (κ2) is 3.66. The molecule has 2 aromatic heterocycles. The zero-order valence-electron chi connectivity index (χ0n) is 8.66. The highest BCUT2D eigenvalue weighted by Gasteiger charge is 2.15. The summed E-state index contributed by atoms with van der Waals surface area (Å²) in [5, 5.41) is 3.44. The topological polar surface area (TPSA) is 40.7 Å². The first-order valence-corrected chi connectivity index (χ1v) is 5.57. The zero-order valence-corrected chi connectivity index (χ0v) is 8.66. The summed E-state index contributed by atoms with van der Waals surface area (Å²) >= 11 is 0. The summed E-state index contributed by atoms with van der Waals surface area (Å²) < 4.78 is 0. The second-order valence-corrected chi connectivity index (χ2v) is 4.22. The van der Waals surface area contributed by atoms with Gasteiger partial charge in [-0.1, -0.05) is 0 Å². The van der Waals surface area contributed by atoms with E-state index in [-0.39, 0.29) is 0 Å². The average Bonchev–Trinajstić information content (AvgIpc) is 2.77. The van der Waals surface area contributed by atoms with Crippen LogP contribution in [0.2, 0.25) is 0 Å². The van der Waals surface area contributed by atoms with Crippen LogP contribution in [-0.2, 0) is 0 Å². The van der Waals surface area contributed by atoms with Gasteiger partial charge in [0.2, 0.25) is 0 Å².